The summed E-state index contributed by atoms with van der Waals surface area (Å²) in [6, 6.07) is 5.27. The van der Waals surface area contributed by atoms with E-state index in [2.05, 4.69) is 34.3 Å². The topological polar surface area (TPSA) is 28.2 Å². The molecule has 2 heterocycles. The smallest absolute Gasteiger partial charge is 0.0562 e. The third-order valence-corrected chi connectivity index (χ3v) is 4.68. The molecule has 0 aromatic carbocycles. The molecule has 1 aromatic rings. The predicted molar refractivity (Wildman–Crippen MR) is 79.3 cm³/mol. The molecule has 1 saturated carbocycles. The van der Waals surface area contributed by atoms with Gasteiger partial charge in [-0.25, -0.2) is 0 Å². The molecular weight excluding hydrogens is 234 g/mol. The number of hydrogen-bond donors (Lipinski definition) is 1. The summed E-state index contributed by atoms with van der Waals surface area (Å²) in [4.78, 5) is 7.12. The van der Waals surface area contributed by atoms with Gasteiger partial charge in [-0.1, -0.05) is 13.3 Å². The average molecular weight is 259 g/mol. The molecule has 0 radical (unpaired) electrons. The second kappa shape index (κ2) is 5.91. The Bertz CT molecular complexity index is 418. The minimum absolute atomic E-state index is 0.795. The van der Waals surface area contributed by atoms with Crippen LogP contribution < -0.4 is 10.2 Å². The number of nitrogens with zero attached hydrogens (tertiary/aromatic N) is 2. The molecule has 1 N–H and O–H groups in total. The standard InChI is InChI=1S/C16H25N3/c1-2-17-12-14-11-15(8-9-18-14)19-10-4-6-13-5-3-7-16(13)19/h8-9,11,13,16-17H,2-7,10,12H2,1H3. The van der Waals surface area contributed by atoms with E-state index in [4.69, 9.17) is 0 Å². The second-order valence-corrected chi connectivity index (χ2v) is 5.88. The molecule has 19 heavy (non-hydrogen) atoms. The van der Waals surface area contributed by atoms with Crippen LogP contribution in [0.1, 0.15) is 44.7 Å². The third kappa shape index (κ3) is 2.76. The molecule has 0 spiro atoms. The third-order valence-electron chi connectivity index (χ3n) is 4.68. The quantitative estimate of drug-likeness (QED) is 0.901. The summed E-state index contributed by atoms with van der Waals surface area (Å²) in [5.74, 6) is 0.944. The molecule has 0 amide bonds. The number of nitrogens with one attached hydrogen (secondary N) is 1. The first-order chi connectivity index (χ1) is 9.38. The Balaban J connectivity index is 1.76. The fourth-order valence-electron chi connectivity index (χ4n) is 3.77. The van der Waals surface area contributed by atoms with Crippen LogP contribution in [0.25, 0.3) is 0 Å². The van der Waals surface area contributed by atoms with Gasteiger partial charge in [-0.3, -0.25) is 4.98 Å². The Labute approximate surface area is 116 Å². The maximum Gasteiger partial charge on any atom is 0.0562 e. The minimum Gasteiger partial charge on any atom is -0.368 e. The summed E-state index contributed by atoms with van der Waals surface area (Å²) < 4.78 is 0. The van der Waals surface area contributed by atoms with Crippen molar-refractivity contribution in [3.63, 3.8) is 0 Å². The number of hydrogen-bond acceptors (Lipinski definition) is 3. The van der Waals surface area contributed by atoms with Crippen LogP contribution in [-0.4, -0.2) is 24.1 Å². The van der Waals surface area contributed by atoms with Crippen molar-refractivity contribution in [3.05, 3.63) is 24.0 Å². The minimum atomic E-state index is 0.795. The van der Waals surface area contributed by atoms with E-state index in [1.54, 1.807) is 0 Å². The molecule has 2 fully saturated rings. The molecule has 2 atom stereocenters. The van der Waals surface area contributed by atoms with Gasteiger partial charge in [-0.15, -0.1) is 0 Å². The van der Waals surface area contributed by atoms with Gasteiger partial charge >= 0.3 is 0 Å². The number of anilines is 1. The number of pyridine rings is 1. The molecule has 2 unspecified atom stereocenters. The van der Waals surface area contributed by atoms with Gasteiger partial charge in [-0.05, 0) is 50.3 Å². The van der Waals surface area contributed by atoms with Crippen LogP contribution in [0.2, 0.25) is 0 Å². The molecule has 104 valence electrons. The summed E-state index contributed by atoms with van der Waals surface area (Å²) >= 11 is 0. The molecule has 3 rings (SSSR count). The van der Waals surface area contributed by atoms with E-state index < -0.39 is 0 Å². The second-order valence-electron chi connectivity index (χ2n) is 5.88. The van der Waals surface area contributed by atoms with Crippen molar-refractivity contribution in [2.24, 2.45) is 5.92 Å². The predicted octanol–water partition coefficient (Wildman–Crippen LogP) is 2.96. The molecule has 1 aromatic heterocycles. The van der Waals surface area contributed by atoms with Gasteiger partial charge in [0.15, 0.2) is 0 Å². The first-order valence-corrected chi connectivity index (χ1v) is 7.81. The van der Waals surface area contributed by atoms with Gasteiger partial charge in [0.2, 0.25) is 0 Å². The van der Waals surface area contributed by atoms with Crippen molar-refractivity contribution < 1.29 is 0 Å². The Kier molecular flexibility index (Phi) is 4.02. The van der Waals surface area contributed by atoms with Gasteiger partial charge in [0.05, 0.1) is 5.69 Å². The SMILES string of the molecule is CCNCc1cc(N2CCCC3CCCC32)ccn1. The lowest BCUT2D eigenvalue weighted by Gasteiger charge is -2.39. The van der Waals surface area contributed by atoms with Crippen LogP contribution >= 0.6 is 0 Å². The maximum absolute atomic E-state index is 4.47. The van der Waals surface area contributed by atoms with E-state index in [0.29, 0.717) is 0 Å². The number of piperidine rings is 1. The summed E-state index contributed by atoms with van der Waals surface area (Å²) in [5.41, 5.74) is 2.55. The fourth-order valence-corrected chi connectivity index (χ4v) is 3.77. The van der Waals surface area contributed by atoms with E-state index in [1.165, 1.54) is 50.0 Å². The van der Waals surface area contributed by atoms with E-state index in [-0.39, 0.29) is 0 Å². The van der Waals surface area contributed by atoms with E-state index in [0.717, 1.165) is 25.0 Å². The monoisotopic (exact) mass is 259 g/mol. The van der Waals surface area contributed by atoms with Crippen molar-refractivity contribution in [2.45, 2.75) is 51.6 Å². The Morgan fingerprint density at radius 3 is 3.11 bits per heavy atom. The van der Waals surface area contributed by atoms with Crippen molar-refractivity contribution in [1.82, 2.24) is 10.3 Å². The zero-order valence-corrected chi connectivity index (χ0v) is 11.9. The number of fused-ring (bicyclic) bond motifs is 1. The van der Waals surface area contributed by atoms with Crippen molar-refractivity contribution in [1.29, 1.82) is 0 Å². The van der Waals surface area contributed by atoms with Gasteiger partial charge in [-0.2, -0.15) is 0 Å². The lowest BCUT2D eigenvalue weighted by atomic mass is 9.91. The van der Waals surface area contributed by atoms with Crippen LogP contribution in [0, 0.1) is 5.92 Å². The maximum atomic E-state index is 4.47. The van der Waals surface area contributed by atoms with Crippen LogP contribution in [0.4, 0.5) is 5.69 Å². The zero-order valence-electron chi connectivity index (χ0n) is 11.9. The summed E-state index contributed by atoms with van der Waals surface area (Å²) in [6.45, 7) is 5.25. The number of aromatic nitrogens is 1. The fraction of sp³-hybridized carbons (Fsp3) is 0.688. The van der Waals surface area contributed by atoms with Gasteiger partial charge in [0.1, 0.15) is 0 Å². The molecule has 3 heteroatoms. The Morgan fingerprint density at radius 1 is 1.32 bits per heavy atom. The van der Waals surface area contributed by atoms with E-state index in [1.807, 2.05) is 6.20 Å². The highest BCUT2D eigenvalue weighted by atomic mass is 15.2. The van der Waals surface area contributed by atoms with Crippen molar-refractivity contribution in [3.8, 4) is 0 Å². The zero-order chi connectivity index (χ0) is 13.1. The normalized spacial score (nSPS) is 26.5. The van der Waals surface area contributed by atoms with E-state index >= 15 is 0 Å². The van der Waals surface area contributed by atoms with Gasteiger partial charge in [0, 0.05) is 31.0 Å². The Morgan fingerprint density at radius 2 is 2.21 bits per heavy atom. The Hall–Kier alpha value is -1.09. The van der Waals surface area contributed by atoms with Crippen LogP contribution in [-0.2, 0) is 6.54 Å². The lowest BCUT2D eigenvalue weighted by Crippen LogP contribution is -2.42. The van der Waals surface area contributed by atoms with Crippen LogP contribution in [0.3, 0.4) is 0 Å². The van der Waals surface area contributed by atoms with Crippen molar-refractivity contribution in [2.75, 3.05) is 18.0 Å². The largest absolute Gasteiger partial charge is 0.368 e. The first kappa shape index (κ1) is 12.9. The van der Waals surface area contributed by atoms with Crippen LogP contribution in [0.5, 0.6) is 0 Å². The summed E-state index contributed by atoms with van der Waals surface area (Å²) in [6.07, 6.45) is 9.01. The van der Waals surface area contributed by atoms with Crippen LogP contribution in [0.15, 0.2) is 18.3 Å². The lowest BCUT2D eigenvalue weighted by molar-refractivity contribution is 0.362. The molecular formula is C16H25N3. The molecule has 3 nitrogen and oxygen atoms in total. The summed E-state index contributed by atoms with van der Waals surface area (Å²) in [5, 5.41) is 3.36. The highest BCUT2D eigenvalue weighted by Crippen LogP contribution is 2.39. The molecule has 0 bridgehead atoms. The molecule has 1 aliphatic heterocycles. The first-order valence-electron chi connectivity index (χ1n) is 7.81. The summed E-state index contributed by atoms with van der Waals surface area (Å²) in [7, 11) is 0. The van der Waals surface area contributed by atoms with Crippen molar-refractivity contribution >= 4 is 5.69 Å². The molecule has 2 aliphatic rings. The van der Waals surface area contributed by atoms with Gasteiger partial charge < -0.3 is 10.2 Å². The van der Waals surface area contributed by atoms with E-state index in [9.17, 15) is 0 Å². The number of rotatable bonds is 4. The van der Waals surface area contributed by atoms with Gasteiger partial charge in [0.25, 0.3) is 0 Å². The molecule has 1 aliphatic carbocycles. The highest BCUT2D eigenvalue weighted by molar-refractivity contribution is 5.48. The molecule has 1 saturated heterocycles. The highest BCUT2D eigenvalue weighted by Gasteiger charge is 2.34. The average Bonchev–Trinajstić information content (AvgIpc) is 2.93.